The van der Waals surface area contributed by atoms with Crippen LogP contribution in [0.5, 0.6) is 5.75 Å². The Morgan fingerprint density at radius 2 is 2.19 bits per heavy atom. The molecule has 0 bridgehead atoms. The normalized spacial score (nSPS) is 17.6. The molecule has 4 nitrogen and oxygen atoms in total. The van der Waals surface area contributed by atoms with Crippen LogP contribution in [0.4, 0.5) is 0 Å². The van der Waals surface area contributed by atoms with Crippen molar-refractivity contribution in [2.75, 3.05) is 0 Å². The molecule has 0 amide bonds. The molecule has 16 heavy (non-hydrogen) atoms. The fourth-order valence-electron chi connectivity index (χ4n) is 1.34. The zero-order valence-corrected chi connectivity index (χ0v) is 9.11. The number of phenols is 1. The first kappa shape index (κ1) is 11.0. The third kappa shape index (κ3) is 2.02. The summed E-state index contributed by atoms with van der Waals surface area (Å²) in [7, 11) is 0. The van der Waals surface area contributed by atoms with Crippen molar-refractivity contribution < 1.29 is 15.0 Å². The minimum Gasteiger partial charge on any atom is -0.507 e. The van der Waals surface area contributed by atoms with Crippen LogP contribution in [0, 0.1) is 0 Å². The van der Waals surface area contributed by atoms with E-state index >= 15 is 0 Å². The smallest absolute Gasteiger partial charge is 0.331 e. The Hall–Kier alpha value is -1.55. The number of carbonyl (C=O) groups is 1. The van der Waals surface area contributed by atoms with Crippen molar-refractivity contribution in [1.29, 1.82) is 0 Å². The molecular formula is C11H10ClNO3. The van der Waals surface area contributed by atoms with E-state index in [1.54, 1.807) is 6.07 Å². The van der Waals surface area contributed by atoms with Gasteiger partial charge in [0.1, 0.15) is 5.75 Å². The van der Waals surface area contributed by atoms with Gasteiger partial charge in [0.15, 0.2) is 5.54 Å². The molecule has 0 unspecified atom stereocenters. The van der Waals surface area contributed by atoms with Crippen molar-refractivity contribution in [3.05, 3.63) is 28.8 Å². The summed E-state index contributed by atoms with van der Waals surface area (Å²) in [5.74, 6) is -0.889. The molecule has 2 N–H and O–H groups in total. The van der Waals surface area contributed by atoms with Gasteiger partial charge >= 0.3 is 5.97 Å². The molecule has 0 spiro atoms. The third-order valence-electron chi connectivity index (χ3n) is 2.56. The number of aliphatic carboxylic acids is 1. The summed E-state index contributed by atoms with van der Waals surface area (Å²) >= 11 is 5.76. The molecule has 84 valence electrons. The molecule has 1 aliphatic carbocycles. The molecular weight excluding hydrogens is 230 g/mol. The van der Waals surface area contributed by atoms with E-state index < -0.39 is 11.5 Å². The molecule has 0 aromatic heterocycles. The number of carboxylic acid groups (broad SMARTS) is 1. The summed E-state index contributed by atoms with van der Waals surface area (Å²) in [5, 5.41) is 18.9. The van der Waals surface area contributed by atoms with Crippen molar-refractivity contribution in [1.82, 2.24) is 0 Å². The number of hydrogen-bond donors (Lipinski definition) is 2. The minimum atomic E-state index is -0.977. The lowest BCUT2D eigenvalue weighted by Gasteiger charge is -2.03. The van der Waals surface area contributed by atoms with Crippen LogP contribution in [0.3, 0.4) is 0 Å². The van der Waals surface area contributed by atoms with E-state index in [0.717, 1.165) is 0 Å². The molecule has 0 atom stereocenters. The maximum absolute atomic E-state index is 10.9. The van der Waals surface area contributed by atoms with Crippen molar-refractivity contribution in [3.63, 3.8) is 0 Å². The number of aromatic hydroxyl groups is 1. The monoisotopic (exact) mass is 239 g/mol. The summed E-state index contributed by atoms with van der Waals surface area (Å²) in [6, 6.07) is 4.54. The van der Waals surface area contributed by atoms with Gasteiger partial charge in [-0.3, -0.25) is 4.99 Å². The van der Waals surface area contributed by atoms with E-state index in [9.17, 15) is 9.90 Å². The quantitative estimate of drug-likeness (QED) is 0.794. The number of aliphatic imine (C=N–C) groups is 1. The molecule has 0 aliphatic heterocycles. The number of hydrogen-bond acceptors (Lipinski definition) is 3. The van der Waals surface area contributed by atoms with Crippen LogP contribution in [-0.2, 0) is 4.79 Å². The van der Waals surface area contributed by atoms with Gasteiger partial charge in [0.25, 0.3) is 0 Å². The van der Waals surface area contributed by atoms with Gasteiger partial charge in [0.2, 0.25) is 0 Å². The van der Waals surface area contributed by atoms with Gasteiger partial charge < -0.3 is 10.2 Å². The van der Waals surface area contributed by atoms with Crippen molar-refractivity contribution >= 4 is 23.8 Å². The maximum atomic E-state index is 10.9. The van der Waals surface area contributed by atoms with E-state index in [1.165, 1.54) is 18.3 Å². The number of halogens is 1. The second-order valence-corrected chi connectivity index (χ2v) is 4.23. The van der Waals surface area contributed by atoms with Crippen molar-refractivity contribution in [2.45, 2.75) is 18.4 Å². The topological polar surface area (TPSA) is 69.9 Å². The zero-order chi connectivity index (χ0) is 11.8. The van der Waals surface area contributed by atoms with Crippen LogP contribution >= 0.6 is 11.6 Å². The average Bonchev–Trinajstić information content (AvgIpc) is 3.00. The number of carboxylic acids is 1. The number of phenolic OH excluding ortho intramolecular Hbond substituents is 1. The van der Waals surface area contributed by atoms with Crippen LogP contribution in [0.25, 0.3) is 0 Å². The summed E-state index contributed by atoms with van der Waals surface area (Å²) in [5.41, 5.74) is -0.547. The Morgan fingerprint density at radius 3 is 2.75 bits per heavy atom. The van der Waals surface area contributed by atoms with Crippen LogP contribution < -0.4 is 0 Å². The molecule has 1 aromatic rings. The highest BCUT2D eigenvalue weighted by Crippen LogP contribution is 2.40. The van der Waals surface area contributed by atoms with Gasteiger partial charge in [0.05, 0.1) is 0 Å². The summed E-state index contributed by atoms with van der Waals surface area (Å²) in [6.07, 6.45) is 2.45. The lowest BCUT2D eigenvalue weighted by Crippen LogP contribution is -2.19. The first-order valence-electron chi connectivity index (χ1n) is 4.81. The molecule has 5 heteroatoms. The number of rotatable bonds is 3. The summed E-state index contributed by atoms with van der Waals surface area (Å²) in [4.78, 5) is 14.9. The van der Waals surface area contributed by atoms with E-state index in [4.69, 9.17) is 16.7 Å². The van der Waals surface area contributed by atoms with Crippen molar-refractivity contribution in [2.24, 2.45) is 4.99 Å². The minimum absolute atomic E-state index is 0.0364. The molecule has 1 aromatic carbocycles. The lowest BCUT2D eigenvalue weighted by atomic mass is 10.2. The highest BCUT2D eigenvalue weighted by atomic mass is 35.5. The number of nitrogens with zero attached hydrogens (tertiary/aromatic N) is 1. The van der Waals surface area contributed by atoms with Gasteiger partial charge in [0, 0.05) is 16.8 Å². The summed E-state index contributed by atoms with van der Waals surface area (Å²) in [6.45, 7) is 0. The van der Waals surface area contributed by atoms with E-state index in [2.05, 4.69) is 4.99 Å². The lowest BCUT2D eigenvalue weighted by molar-refractivity contribution is -0.139. The van der Waals surface area contributed by atoms with Crippen LogP contribution in [0.2, 0.25) is 5.02 Å². The Morgan fingerprint density at radius 1 is 1.50 bits per heavy atom. The standard InChI is InChI=1S/C11H10ClNO3/c12-8-1-2-9(14)7(5-8)6-13-11(3-4-11)10(15)16/h1-2,5-6,14H,3-4H2,(H,15,16). The van der Waals surface area contributed by atoms with E-state index in [0.29, 0.717) is 23.4 Å². The fourth-order valence-corrected chi connectivity index (χ4v) is 1.52. The second-order valence-electron chi connectivity index (χ2n) is 3.80. The molecule has 0 heterocycles. The van der Waals surface area contributed by atoms with E-state index in [1.807, 2.05) is 0 Å². The van der Waals surface area contributed by atoms with Crippen molar-refractivity contribution in [3.8, 4) is 5.75 Å². The van der Waals surface area contributed by atoms with Gasteiger partial charge in [-0.2, -0.15) is 0 Å². The molecule has 0 radical (unpaired) electrons. The Balaban J connectivity index is 2.24. The molecule has 1 fully saturated rings. The third-order valence-corrected chi connectivity index (χ3v) is 2.80. The highest BCUT2D eigenvalue weighted by molar-refractivity contribution is 6.30. The van der Waals surface area contributed by atoms with Crippen LogP contribution in [-0.4, -0.2) is 27.9 Å². The average molecular weight is 240 g/mol. The highest BCUT2D eigenvalue weighted by Gasteiger charge is 2.50. The number of benzene rings is 1. The SMILES string of the molecule is O=C(O)C1(N=Cc2cc(Cl)ccc2O)CC1. The largest absolute Gasteiger partial charge is 0.507 e. The van der Waals surface area contributed by atoms with Crippen LogP contribution in [0.15, 0.2) is 23.2 Å². The Labute approximate surface area is 97.2 Å². The summed E-state index contributed by atoms with van der Waals surface area (Å²) < 4.78 is 0. The zero-order valence-electron chi connectivity index (χ0n) is 8.35. The predicted octanol–water partition coefficient (Wildman–Crippen LogP) is 2.08. The fraction of sp³-hybridized carbons (Fsp3) is 0.273. The maximum Gasteiger partial charge on any atom is 0.331 e. The van der Waals surface area contributed by atoms with Gasteiger partial charge in [-0.1, -0.05) is 11.6 Å². The van der Waals surface area contributed by atoms with E-state index in [-0.39, 0.29) is 5.75 Å². The van der Waals surface area contributed by atoms with Gasteiger partial charge in [-0.05, 0) is 31.0 Å². The molecule has 0 saturated heterocycles. The van der Waals surface area contributed by atoms with Gasteiger partial charge in [-0.25, -0.2) is 4.79 Å². The molecule has 2 rings (SSSR count). The molecule has 1 saturated carbocycles. The van der Waals surface area contributed by atoms with Crippen LogP contribution in [0.1, 0.15) is 18.4 Å². The first-order valence-corrected chi connectivity index (χ1v) is 5.18. The molecule has 1 aliphatic rings. The second kappa shape index (κ2) is 3.79. The Bertz CT molecular complexity index is 466. The Kier molecular flexibility index (Phi) is 2.59. The van der Waals surface area contributed by atoms with Gasteiger partial charge in [-0.15, -0.1) is 0 Å². The predicted molar refractivity (Wildman–Crippen MR) is 60.3 cm³/mol. The first-order chi connectivity index (χ1) is 7.53.